The normalized spacial score (nSPS) is 11.0. The van der Waals surface area contributed by atoms with Crippen molar-refractivity contribution < 1.29 is 27.5 Å². The molecule has 2 amide bonds. The van der Waals surface area contributed by atoms with Gasteiger partial charge in [0, 0.05) is 22.0 Å². The molecule has 0 fully saturated rings. The van der Waals surface area contributed by atoms with Crippen molar-refractivity contribution in [3.8, 4) is 5.75 Å². The van der Waals surface area contributed by atoms with Gasteiger partial charge in [-0.3, -0.25) is 9.59 Å². The van der Waals surface area contributed by atoms with Crippen LogP contribution in [0.2, 0.25) is 5.02 Å². The Hall–Kier alpha value is -3.52. The van der Waals surface area contributed by atoms with Crippen LogP contribution in [0.3, 0.4) is 0 Å². The predicted molar refractivity (Wildman–Crippen MR) is 111 cm³/mol. The Morgan fingerprint density at radius 2 is 1.55 bits per heavy atom. The largest absolute Gasteiger partial charge is 0.484 e. The third kappa shape index (κ3) is 6.48. The molecule has 0 unspecified atom stereocenters. The highest BCUT2D eigenvalue weighted by atomic mass is 35.5. The molecule has 2 N–H and O–H groups in total. The van der Waals surface area contributed by atoms with Crippen LogP contribution in [0.15, 0.2) is 72.8 Å². The summed E-state index contributed by atoms with van der Waals surface area (Å²) in [5.41, 5.74) is -0.0417. The van der Waals surface area contributed by atoms with E-state index in [0.717, 1.165) is 12.1 Å². The van der Waals surface area contributed by atoms with Crippen LogP contribution in [0.5, 0.6) is 5.75 Å². The molecule has 5 nitrogen and oxygen atoms in total. The van der Waals surface area contributed by atoms with Crippen LogP contribution < -0.4 is 15.4 Å². The third-order valence-electron chi connectivity index (χ3n) is 4.06. The van der Waals surface area contributed by atoms with Crippen LogP contribution in [0.1, 0.15) is 15.9 Å². The van der Waals surface area contributed by atoms with E-state index in [0.29, 0.717) is 16.5 Å². The average molecular weight is 449 g/mol. The lowest BCUT2D eigenvalue weighted by Gasteiger charge is -2.10. The Bertz CT molecular complexity index is 1070. The van der Waals surface area contributed by atoms with Crippen molar-refractivity contribution in [3.63, 3.8) is 0 Å². The summed E-state index contributed by atoms with van der Waals surface area (Å²) in [5.74, 6) is -0.609. The van der Waals surface area contributed by atoms with Crippen molar-refractivity contribution in [3.05, 3.63) is 88.9 Å². The standard InChI is InChI=1S/C22H16ClF3N2O3/c23-16-6-8-17(9-7-16)27-20(29)13-31-19-10-4-14(5-11-19)21(30)28-18-3-1-2-15(12-18)22(24,25)26/h1-12H,13H2,(H,27,29)(H,28,30). The summed E-state index contributed by atoms with van der Waals surface area (Å²) in [6, 6.07) is 16.8. The number of ether oxygens (including phenoxy) is 1. The van der Waals surface area contributed by atoms with E-state index >= 15 is 0 Å². The maximum absolute atomic E-state index is 12.8. The number of benzene rings is 3. The Labute approximate surface area is 180 Å². The quantitative estimate of drug-likeness (QED) is 0.513. The highest BCUT2D eigenvalue weighted by Gasteiger charge is 2.30. The van der Waals surface area contributed by atoms with Crippen LogP contribution in [-0.2, 0) is 11.0 Å². The fourth-order valence-electron chi connectivity index (χ4n) is 2.56. The minimum absolute atomic E-state index is 0.0269. The average Bonchev–Trinajstić information content (AvgIpc) is 2.74. The molecule has 0 bridgehead atoms. The molecular weight excluding hydrogens is 433 g/mol. The molecule has 9 heteroatoms. The van der Waals surface area contributed by atoms with Gasteiger partial charge in [-0.05, 0) is 66.7 Å². The van der Waals surface area contributed by atoms with Crippen LogP contribution in [0.4, 0.5) is 24.5 Å². The number of carbonyl (C=O) groups is 2. The molecule has 3 rings (SSSR count). The van der Waals surface area contributed by atoms with E-state index in [9.17, 15) is 22.8 Å². The fourth-order valence-corrected chi connectivity index (χ4v) is 2.68. The molecule has 0 aliphatic rings. The summed E-state index contributed by atoms with van der Waals surface area (Å²) < 4.78 is 43.7. The van der Waals surface area contributed by atoms with Crippen LogP contribution >= 0.6 is 11.6 Å². The molecule has 0 radical (unpaired) electrons. The predicted octanol–water partition coefficient (Wildman–Crippen LogP) is 5.63. The zero-order valence-corrected chi connectivity index (χ0v) is 16.6. The molecule has 3 aromatic rings. The SMILES string of the molecule is O=C(COc1ccc(C(=O)Nc2cccc(C(F)(F)F)c2)cc1)Nc1ccc(Cl)cc1. The van der Waals surface area contributed by atoms with E-state index in [-0.39, 0.29) is 23.8 Å². The monoisotopic (exact) mass is 448 g/mol. The molecule has 0 aliphatic heterocycles. The maximum Gasteiger partial charge on any atom is 0.416 e. The first-order chi connectivity index (χ1) is 14.7. The van der Waals surface area contributed by atoms with Gasteiger partial charge in [-0.25, -0.2) is 0 Å². The number of nitrogens with one attached hydrogen (secondary N) is 2. The number of amides is 2. The zero-order valence-electron chi connectivity index (χ0n) is 15.9. The zero-order chi connectivity index (χ0) is 22.4. The van der Waals surface area contributed by atoms with Gasteiger partial charge in [0.1, 0.15) is 5.75 Å². The molecular formula is C22H16ClF3N2O3. The Balaban J connectivity index is 1.54. The van der Waals surface area contributed by atoms with E-state index in [1.54, 1.807) is 24.3 Å². The first-order valence-corrected chi connectivity index (χ1v) is 9.35. The van der Waals surface area contributed by atoms with Gasteiger partial charge in [-0.2, -0.15) is 13.2 Å². The van der Waals surface area contributed by atoms with Crippen molar-refractivity contribution >= 4 is 34.8 Å². The molecule has 0 heterocycles. The topological polar surface area (TPSA) is 67.4 Å². The highest BCUT2D eigenvalue weighted by molar-refractivity contribution is 6.30. The van der Waals surface area contributed by atoms with Gasteiger partial charge in [0.25, 0.3) is 11.8 Å². The van der Waals surface area contributed by atoms with E-state index in [4.69, 9.17) is 16.3 Å². The lowest BCUT2D eigenvalue weighted by atomic mass is 10.1. The van der Waals surface area contributed by atoms with Crippen molar-refractivity contribution in [2.75, 3.05) is 17.2 Å². The van der Waals surface area contributed by atoms with Crippen molar-refractivity contribution in [2.24, 2.45) is 0 Å². The van der Waals surface area contributed by atoms with Crippen molar-refractivity contribution in [1.29, 1.82) is 0 Å². The van der Waals surface area contributed by atoms with E-state index in [1.807, 2.05) is 0 Å². The first kappa shape index (κ1) is 22.2. The number of halogens is 4. The van der Waals surface area contributed by atoms with Gasteiger partial charge < -0.3 is 15.4 Å². The lowest BCUT2D eigenvalue weighted by molar-refractivity contribution is -0.137. The molecule has 0 aromatic heterocycles. The van der Waals surface area contributed by atoms with Gasteiger partial charge in [0.2, 0.25) is 0 Å². The number of carbonyl (C=O) groups excluding carboxylic acids is 2. The number of alkyl halides is 3. The highest BCUT2D eigenvalue weighted by Crippen LogP contribution is 2.30. The number of anilines is 2. The summed E-state index contributed by atoms with van der Waals surface area (Å²) in [7, 11) is 0. The van der Waals surface area contributed by atoms with Gasteiger partial charge in [0.15, 0.2) is 6.61 Å². The summed E-state index contributed by atoms with van der Waals surface area (Å²) >= 11 is 5.78. The molecule has 160 valence electrons. The molecule has 31 heavy (non-hydrogen) atoms. The fraction of sp³-hybridized carbons (Fsp3) is 0.0909. The second-order valence-corrected chi connectivity index (χ2v) is 6.84. The molecule has 0 atom stereocenters. The number of hydrogen-bond donors (Lipinski definition) is 2. The van der Waals surface area contributed by atoms with E-state index in [2.05, 4.69) is 10.6 Å². The lowest BCUT2D eigenvalue weighted by Crippen LogP contribution is -2.20. The summed E-state index contributed by atoms with van der Waals surface area (Å²) in [6.45, 7) is -0.252. The molecule has 0 saturated heterocycles. The molecule has 0 saturated carbocycles. The smallest absolute Gasteiger partial charge is 0.416 e. The van der Waals surface area contributed by atoms with Crippen LogP contribution in [-0.4, -0.2) is 18.4 Å². The van der Waals surface area contributed by atoms with Gasteiger partial charge in [0.05, 0.1) is 5.56 Å². The van der Waals surface area contributed by atoms with Crippen LogP contribution in [0.25, 0.3) is 0 Å². The van der Waals surface area contributed by atoms with Crippen molar-refractivity contribution in [2.45, 2.75) is 6.18 Å². The summed E-state index contributed by atoms with van der Waals surface area (Å²) in [4.78, 5) is 24.2. The van der Waals surface area contributed by atoms with E-state index in [1.165, 1.54) is 36.4 Å². The van der Waals surface area contributed by atoms with Crippen molar-refractivity contribution in [1.82, 2.24) is 0 Å². The Morgan fingerprint density at radius 1 is 0.871 bits per heavy atom. The number of rotatable bonds is 6. The van der Waals surface area contributed by atoms with Crippen LogP contribution in [0, 0.1) is 0 Å². The summed E-state index contributed by atoms with van der Waals surface area (Å²) in [6.07, 6.45) is -4.50. The number of hydrogen-bond acceptors (Lipinski definition) is 3. The first-order valence-electron chi connectivity index (χ1n) is 8.97. The second kappa shape index (κ2) is 9.53. The molecule has 0 spiro atoms. The third-order valence-corrected chi connectivity index (χ3v) is 4.31. The molecule has 0 aliphatic carbocycles. The Kier molecular flexibility index (Phi) is 6.81. The Morgan fingerprint density at radius 3 is 2.19 bits per heavy atom. The summed E-state index contributed by atoms with van der Waals surface area (Å²) in [5, 5.41) is 5.61. The van der Waals surface area contributed by atoms with E-state index < -0.39 is 17.6 Å². The maximum atomic E-state index is 12.8. The van der Waals surface area contributed by atoms with Gasteiger partial charge in [-0.15, -0.1) is 0 Å². The van der Waals surface area contributed by atoms with Gasteiger partial charge >= 0.3 is 6.18 Å². The minimum Gasteiger partial charge on any atom is -0.484 e. The minimum atomic E-state index is -4.50. The second-order valence-electron chi connectivity index (χ2n) is 6.40. The molecule has 3 aromatic carbocycles. The van der Waals surface area contributed by atoms with Gasteiger partial charge in [-0.1, -0.05) is 17.7 Å².